The number of rotatable bonds is 3. The summed E-state index contributed by atoms with van der Waals surface area (Å²) in [6.07, 6.45) is 1.66. The van der Waals surface area contributed by atoms with E-state index < -0.39 is 0 Å². The van der Waals surface area contributed by atoms with Gasteiger partial charge in [-0.05, 0) is 52.3 Å². The number of fused-ring (bicyclic) bond motifs is 1. The van der Waals surface area contributed by atoms with Crippen molar-refractivity contribution in [3.8, 4) is 5.75 Å². The summed E-state index contributed by atoms with van der Waals surface area (Å²) in [4.78, 5) is 12.1. The van der Waals surface area contributed by atoms with Crippen LogP contribution in [0.5, 0.6) is 5.75 Å². The Morgan fingerprint density at radius 2 is 2.19 bits per heavy atom. The van der Waals surface area contributed by atoms with Gasteiger partial charge in [0, 0.05) is 6.07 Å². The number of aromatic nitrogens is 3. The Hall–Kier alpha value is -1.73. The first-order valence-corrected chi connectivity index (χ1v) is 7.81. The van der Waals surface area contributed by atoms with Crippen LogP contribution in [0.2, 0.25) is 0 Å². The molecule has 3 aromatic rings. The molecule has 0 amide bonds. The van der Waals surface area contributed by atoms with Crippen molar-refractivity contribution in [3.05, 3.63) is 34.4 Å². The molecule has 0 fully saturated rings. The molecule has 0 saturated heterocycles. The van der Waals surface area contributed by atoms with Crippen LogP contribution < -0.4 is 10.5 Å². The van der Waals surface area contributed by atoms with Crippen LogP contribution in [0.4, 0.5) is 5.69 Å². The van der Waals surface area contributed by atoms with Crippen molar-refractivity contribution in [1.82, 2.24) is 15.0 Å². The average Bonchev–Trinajstić information content (AvgIpc) is 2.89. The summed E-state index contributed by atoms with van der Waals surface area (Å²) in [5.74, 6) is 0.797. The number of ether oxygens (including phenoxy) is 1. The molecular formula is C14H13BrN4OS. The van der Waals surface area contributed by atoms with Gasteiger partial charge in [-0.3, -0.25) is 0 Å². The number of methoxy groups -OCH3 is 1. The van der Waals surface area contributed by atoms with Gasteiger partial charge in [-0.15, -0.1) is 0 Å². The Labute approximate surface area is 134 Å². The summed E-state index contributed by atoms with van der Waals surface area (Å²) >= 11 is 4.99. The maximum Gasteiger partial charge on any atom is 0.172 e. The monoisotopic (exact) mass is 364 g/mol. The highest BCUT2D eigenvalue weighted by Crippen LogP contribution is 2.35. The molecular weight excluding hydrogens is 352 g/mol. The summed E-state index contributed by atoms with van der Waals surface area (Å²) in [5.41, 5.74) is 9.30. The van der Waals surface area contributed by atoms with E-state index >= 15 is 0 Å². The summed E-state index contributed by atoms with van der Waals surface area (Å²) < 4.78 is 6.10. The molecule has 2 aromatic heterocycles. The highest BCUT2D eigenvalue weighted by atomic mass is 79.9. The van der Waals surface area contributed by atoms with Gasteiger partial charge in [0.15, 0.2) is 5.16 Å². The molecule has 2 heterocycles. The summed E-state index contributed by atoms with van der Waals surface area (Å²) in [5, 5.41) is 1.60. The predicted octanol–water partition coefficient (Wildman–Crippen LogP) is 3.77. The first-order chi connectivity index (χ1) is 10.1. The summed E-state index contributed by atoms with van der Waals surface area (Å²) in [6.45, 7) is 1.95. The highest BCUT2D eigenvalue weighted by Gasteiger charge is 2.12. The number of H-pyrrole nitrogens is 1. The fraction of sp³-hybridized carbons (Fsp3) is 0.143. The average molecular weight is 365 g/mol. The zero-order valence-electron chi connectivity index (χ0n) is 11.5. The fourth-order valence-electron chi connectivity index (χ4n) is 1.87. The van der Waals surface area contributed by atoms with Crippen LogP contribution in [-0.2, 0) is 0 Å². The van der Waals surface area contributed by atoms with Gasteiger partial charge >= 0.3 is 0 Å². The molecule has 0 unspecified atom stereocenters. The molecule has 0 spiro atoms. The van der Waals surface area contributed by atoms with Gasteiger partial charge in [0.2, 0.25) is 0 Å². The van der Waals surface area contributed by atoms with Gasteiger partial charge in [0.25, 0.3) is 0 Å². The smallest absolute Gasteiger partial charge is 0.172 e. The van der Waals surface area contributed by atoms with Gasteiger partial charge in [0.05, 0.1) is 34.5 Å². The number of imidazole rings is 1. The molecule has 108 valence electrons. The number of hydrogen-bond donors (Lipinski definition) is 2. The molecule has 0 saturated carbocycles. The zero-order valence-corrected chi connectivity index (χ0v) is 13.9. The van der Waals surface area contributed by atoms with Crippen molar-refractivity contribution in [1.29, 1.82) is 0 Å². The van der Waals surface area contributed by atoms with E-state index in [-0.39, 0.29) is 0 Å². The van der Waals surface area contributed by atoms with Crippen LogP contribution in [0.15, 0.2) is 39.1 Å². The van der Waals surface area contributed by atoms with E-state index in [4.69, 9.17) is 10.5 Å². The molecule has 21 heavy (non-hydrogen) atoms. The molecule has 1 aromatic carbocycles. The highest BCUT2D eigenvalue weighted by molar-refractivity contribution is 9.10. The number of anilines is 1. The number of nitrogens with one attached hydrogen (secondary N) is 1. The molecule has 3 rings (SSSR count). The van der Waals surface area contributed by atoms with Crippen molar-refractivity contribution in [3.63, 3.8) is 0 Å². The second kappa shape index (κ2) is 5.57. The van der Waals surface area contributed by atoms with Crippen LogP contribution in [0, 0.1) is 6.92 Å². The van der Waals surface area contributed by atoms with Crippen LogP contribution in [0.25, 0.3) is 11.0 Å². The lowest BCUT2D eigenvalue weighted by Gasteiger charge is -2.06. The Morgan fingerprint density at radius 1 is 1.38 bits per heavy atom. The lowest BCUT2D eigenvalue weighted by molar-refractivity contribution is 0.415. The third-order valence-corrected chi connectivity index (χ3v) is 5.25. The lowest BCUT2D eigenvalue weighted by atomic mass is 10.3. The van der Waals surface area contributed by atoms with Gasteiger partial charge in [-0.1, -0.05) is 0 Å². The Morgan fingerprint density at radius 3 is 2.95 bits per heavy atom. The normalized spacial score (nSPS) is 11.0. The van der Waals surface area contributed by atoms with Crippen LogP contribution in [0.3, 0.4) is 0 Å². The largest absolute Gasteiger partial charge is 0.497 e. The Balaban J connectivity index is 1.96. The lowest BCUT2D eigenvalue weighted by Crippen LogP contribution is -1.94. The van der Waals surface area contributed by atoms with E-state index in [9.17, 15) is 0 Å². The third kappa shape index (κ3) is 2.71. The van der Waals surface area contributed by atoms with Crippen molar-refractivity contribution < 1.29 is 4.74 Å². The SMILES string of the molecule is COc1ccc2nc(Sc3ncc(N)c(C)c3Br)[nH]c2c1. The first kappa shape index (κ1) is 14.2. The predicted molar refractivity (Wildman–Crippen MR) is 87.9 cm³/mol. The van der Waals surface area contributed by atoms with Crippen LogP contribution in [0.1, 0.15) is 5.56 Å². The standard InChI is InChI=1S/C14H13BrN4OS/c1-7-9(16)6-17-13(12(7)15)21-14-18-10-4-3-8(20-2)5-11(10)19-14/h3-6H,16H2,1-2H3,(H,18,19). The van der Waals surface area contributed by atoms with E-state index in [1.165, 1.54) is 11.8 Å². The van der Waals surface area contributed by atoms with Gasteiger partial charge in [-0.2, -0.15) is 0 Å². The van der Waals surface area contributed by atoms with Crippen molar-refractivity contribution in [2.75, 3.05) is 12.8 Å². The minimum absolute atomic E-state index is 0.667. The zero-order chi connectivity index (χ0) is 15.0. The van der Waals surface area contributed by atoms with E-state index in [0.29, 0.717) is 5.69 Å². The summed E-state index contributed by atoms with van der Waals surface area (Å²) in [6, 6.07) is 5.73. The van der Waals surface area contributed by atoms with E-state index in [2.05, 4.69) is 30.9 Å². The molecule has 7 heteroatoms. The van der Waals surface area contributed by atoms with Crippen molar-refractivity contribution >= 4 is 44.4 Å². The van der Waals surface area contributed by atoms with Gasteiger partial charge in [0.1, 0.15) is 10.8 Å². The van der Waals surface area contributed by atoms with Gasteiger partial charge < -0.3 is 15.5 Å². The van der Waals surface area contributed by atoms with E-state index in [1.807, 2.05) is 25.1 Å². The minimum atomic E-state index is 0.667. The number of halogens is 1. The summed E-state index contributed by atoms with van der Waals surface area (Å²) in [7, 11) is 1.64. The second-order valence-corrected chi connectivity index (χ2v) is 6.26. The molecule has 5 nitrogen and oxygen atoms in total. The third-order valence-electron chi connectivity index (χ3n) is 3.13. The molecule has 3 N–H and O–H groups in total. The number of aromatic amines is 1. The Bertz CT molecular complexity index is 818. The number of nitrogens with two attached hydrogens (primary N) is 1. The van der Waals surface area contributed by atoms with Crippen molar-refractivity contribution in [2.45, 2.75) is 17.1 Å². The number of pyridine rings is 1. The number of nitrogen functional groups attached to an aromatic ring is 1. The quantitative estimate of drug-likeness (QED) is 0.739. The van der Waals surface area contributed by atoms with Crippen molar-refractivity contribution in [2.24, 2.45) is 0 Å². The van der Waals surface area contributed by atoms with E-state index in [1.54, 1.807) is 13.3 Å². The molecule has 0 aliphatic carbocycles. The molecule has 0 aliphatic heterocycles. The van der Waals surface area contributed by atoms with Crippen LogP contribution >= 0.6 is 27.7 Å². The Kier molecular flexibility index (Phi) is 3.77. The number of hydrogen-bond acceptors (Lipinski definition) is 5. The maximum atomic E-state index is 5.84. The maximum absolute atomic E-state index is 5.84. The topological polar surface area (TPSA) is 76.8 Å². The molecule has 0 bridgehead atoms. The molecule has 0 atom stereocenters. The van der Waals surface area contributed by atoms with Crippen LogP contribution in [-0.4, -0.2) is 22.1 Å². The number of nitrogens with zero attached hydrogens (tertiary/aromatic N) is 2. The molecule has 0 radical (unpaired) electrons. The fourth-order valence-corrected chi connectivity index (χ4v) is 3.28. The second-order valence-electron chi connectivity index (χ2n) is 4.48. The minimum Gasteiger partial charge on any atom is -0.497 e. The molecule has 0 aliphatic rings. The first-order valence-electron chi connectivity index (χ1n) is 6.20. The van der Waals surface area contributed by atoms with E-state index in [0.717, 1.165) is 37.0 Å². The van der Waals surface area contributed by atoms with Gasteiger partial charge in [-0.25, -0.2) is 9.97 Å². The number of benzene rings is 1.